The molecule has 1 saturated heterocycles. The molecule has 1 fully saturated rings. The van der Waals surface area contributed by atoms with Crippen molar-refractivity contribution in [3.63, 3.8) is 0 Å². The number of hydrogen-bond acceptors (Lipinski definition) is 4. The van der Waals surface area contributed by atoms with E-state index in [1.807, 2.05) is 13.1 Å². The van der Waals surface area contributed by atoms with Crippen molar-refractivity contribution in [1.82, 2.24) is 20.4 Å². The minimum atomic E-state index is 0.0407. The predicted octanol–water partition coefficient (Wildman–Crippen LogP) is -0.315. The molecule has 6 heteroatoms. The van der Waals surface area contributed by atoms with Gasteiger partial charge in [-0.15, -0.1) is 0 Å². The summed E-state index contributed by atoms with van der Waals surface area (Å²) in [5.41, 5.74) is 1.11. The van der Waals surface area contributed by atoms with E-state index < -0.39 is 0 Å². The summed E-state index contributed by atoms with van der Waals surface area (Å²) >= 11 is 0. The van der Waals surface area contributed by atoms with E-state index in [9.17, 15) is 4.79 Å². The average molecular weight is 252 g/mol. The Hall–Kier alpha value is -1.40. The molecule has 6 nitrogen and oxygen atoms in total. The van der Waals surface area contributed by atoms with Crippen LogP contribution in [0.2, 0.25) is 0 Å². The Labute approximate surface area is 107 Å². The number of ether oxygens (including phenoxy) is 1. The topological polar surface area (TPSA) is 68.2 Å². The monoisotopic (exact) mass is 252 g/mol. The first-order valence-electron chi connectivity index (χ1n) is 6.21. The summed E-state index contributed by atoms with van der Waals surface area (Å²) in [4.78, 5) is 11.8. The Balaban J connectivity index is 1.75. The van der Waals surface area contributed by atoms with E-state index in [-0.39, 0.29) is 18.1 Å². The molecule has 2 N–H and O–H groups in total. The summed E-state index contributed by atoms with van der Waals surface area (Å²) in [5.74, 6) is 0.0407. The van der Waals surface area contributed by atoms with Crippen LogP contribution in [0.3, 0.4) is 0 Å². The lowest BCUT2D eigenvalue weighted by Crippen LogP contribution is -2.43. The normalized spacial score (nSPS) is 23.2. The highest BCUT2D eigenvalue weighted by Crippen LogP contribution is 2.04. The smallest absolute Gasteiger partial charge is 0.222 e. The summed E-state index contributed by atoms with van der Waals surface area (Å²) in [6, 6.07) is 0.0712. The molecule has 0 unspecified atom stereocenters. The third-order valence-electron chi connectivity index (χ3n) is 3.14. The van der Waals surface area contributed by atoms with Crippen molar-refractivity contribution in [2.45, 2.75) is 32.0 Å². The number of aryl methyl sites for hydroxylation is 2. The van der Waals surface area contributed by atoms with Crippen molar-refractivity contribution in [2.75, 3.05) is 20.2 Å². The highest BCUT2D eigenvalue weighted by Gasteiger charge is 2.27. The summed E-state index contributed by atoms with van der Waals surface area (Å²) < 4.78 is 7.08. The van der Waals surface area contributed by atoms with Crippen LogP contribution < -0.4 is 10.6 Å². The van der Waals surface area contributed by atoms with Crippen LogP contribution in [0, 0.1) is 6.92 Å². The minimum Gasteiger partial charge on any atom is -0.378 e. The van der Waals surface area contributed by atoms with E-state index in [2.05, 4.69) is 15.7 Å². The number of rotatable bonds is 5. The molecule has 18 heavy (non-hydrogen) atoms. The number of amides is 1. The van der Waals surface area contributed by atoms with Crippen LogP contribution in [0.25, 0.3) is 0 Å². The Morgan fingerprint density at radius 1 is 1.67 bits per heavy atom. The Morgan fingerprint density at radius 3 is 3.17 bits per heavy atom. The van der Waals surface area contributed by atoms with Gasteiger partial charge in [-0.3, -0.25) is 9.48 Å². The van der Waals surface area contributed by atoms with E-state index >= 15 is 0 Å². The lowest BCUT2D eigenvalue weighted by atomic mass is 10.2. The number of nitrogens with zero attached hydrogens (tertiary/aromatic N) is 2. The summed E-state index contributed by atoms with van der Waals surface area (Å²) in [5, 5.41) is 10.3. The zero-order valence-corrected chi connectivity index (χ0v) is 10.8. The van der Waals surface area contributed by atoms with Gasteiger partial charge in [-0.25, -0.2) is 0 Å². The molecule has 0 spiro atoms. The van der Waals surface area contributed by atoms with Gasteiger partial charge in [0.05, 0.1) is 18.3 Å². The van der Waals surface area contributed by atoms with Gasteiger partial charge >= 0.3 is 0 Å². The van der Waals surface area contributed by atoms with Gasteiger partial charge in [0.15, 0.2) is 0 Å². The van der Waals surface area contributed by atoms with Crippen LogP contribution in [0.1, 0.15) is 12.0 Å². The van der Waals surface area contributed by atoms with Crippen molar-refractivity contribution in [1.29, 1.82) is 0 Å². The van der Waals surface area contributed by atoms with Crippen LogP contribution in [0.4, 0.5) is 0 Å². The molecule has 2 rings (SSSR count). The lowest BCUT2D eigenvalue weighted by molar-refractivity contribution is -0.122. The van der Waals surface area contributed by atoms with Gasteiger partial charge in [-0.2, -0.15) is 5.10 Å². The second-order valence-corrected chi connectivity index (χ2v) is 4.64. The zero-order valence-electron chi connectivity index (χ0n) is 10.8. The molecule has 2 heterocycles. The molecule has 1 amide bonds. The van der Waals surface area contributed by atoms with Gasteiger partial charge in [0, 0.05) is 39.4 Å². The number of carbonyl (C=O) groups is 1. The first-order chi connectivity index (χ1) is 8.69. The molecule has 0 saturated carbocycles. The van der Waals surface area contributed by atoms with Crippen LogP contribution in [0.15, 0.2) is 12.4 Å². The van der Waals surface area contributed by atoms with E-state index in [4.69, 9.17) is 4.74 Å². The first kappa shape index (κ1) is 13.0. The third-order valence-corrected chi connectivity index (χ3v) is 3.14. The molecule has 2 atom stereocenters. The molecule has 0 radical (unpaired) electrons. The maximum Gasteiger partial charge on any atom is 0.222 e. The van der Waals surface area contributed by atoms with Gasteiger partial charge in [0.1, 0.15) is 0 Å². The number of nitrogens with one attached hydrogen (secondary N) is 2. The van der Waals surface area contributed by atoms with Crippen LogP contribution in [0.5, 0.6) is 0 Å². The SMILES string of the molecule is CO[C@H]1CNC[C@@H]1NC(=O)CCn1cc(C)cn1. The number of hydrogen-bond donors (Lipinski definition) is 2. The average Bonchev–Trinajstić information content (AvgIpc) is 2.95. The second kappa shape index (κ2) is 5.97. The Morgan fingerprint density at radius 2 is 2.50 bits per heavy atom. The molecule has 0 aromatic carbocycles. The molecule has 0 bridgehead atoms. The molecular formula is C12H20N4O2. The molecule has 100 valence electrons. The molecule has 1 aromatic rings. The Bertz CT molecular complexity index is 405. The summed E-state index contributed by atoms with van der Waals surface area (Å²) in [6.45, 7) is 4.15. The fourth-order valence-electron chi connectivity index (χ4n) is 2.13. The van der Waals surface area contributed by atoms with Crippen molar-refractivity contribution >= 4 is 5.91 Å². The number of aromatic nitrogens is 2. The predicted molar refractivity (Wildman–Crippen MR) is 67.2 cm³/mol. The van der Waals surface area contributed by atoms with Crippen molar-refractivity contribution < 1.29 is 9.53 Å². The van der Waals surface area contributed by atoms with Gasteiger partial charge in [-0.05, 0) is 12.5 Å². The summed E-state index contributed by atoms with van der Waals surface area (Å²) in [7, 11) is 1.67. The van der Waals surface area contributed by atoms with Gasteiger partial charge < -0.3 is 15.4 Å². The van der Waals surface area contributed by atoms with Crippen LogP contribution >= 0.6 is 0 Å². The van der Waals surface area contributed by atoms with Gasteiger partial charge in [-0.1, -0.05) is 0 Å². The minimum absolute atomic E-state index is 0.0407. The molecular weight excluding hydrogens is 232 g/mol. The molecule has 1 aliphatic heterocycles. The van der Waals surface area contributed by atoms with Gasteiger partial charge in [0.25, 0.3) is 0 Å². The van der Waals surface area contributed by atoms with Crippen molar-refractivity contribution in [2.24, 2.45) is 0 Å². The Kier molecular flexibility index (Phi) is 4.33. The third kappa shape index (κ3) is 3.30. The van der Waals surface area contributed by atoms with E-state index in [1.165, 1.54) is 0 Å². The summed E-state index contributed by atoms with van der Waals surface area (Å²) in [6.07, 6.45) is 4.23. The highest BCUT2D eigenvalue weighted by atomic mass is 16.5. The second-order valence-electron chi connectivity index (χ2n) is 4.64. The van der Waals surface area contributed by atoms with Crippen molar-refractivity contribution in [3.05, 3.63) is 18.0 Å². The molecule has 1 aliphatic rings. The van der Waals surface area contributed by atoms with E-state index in [1.54, 1.807) is 18.0 Å². The maximum atomic E-state index is 11.8. The number of carbonyl (C=O) groups excluding carboxylic acids is 1. The fourth-order valence-corrected chi connectivity index (χ4v) is 2.13. The number of methoxy groups -OCH3 is 1. The molecule has 1 aromatic heterocycles. The maximum absolute atomic E-state index is 11.8. The van der Waals surface area contributed by atoms with Crippen LogP contribution in [-0.2, 0) is 16.1 Å². The van der Waals surface area contributed by atoms with E-state index in [0.29, 0.717) is 13.0 Å². The quantitative estimate of drug-likeness (QED) is 0.754. The van der Waals surface area contributed by atoms with E-state index in [0.717, 1.165) is 18.7 Å². The first-order valence-corrected chi connectivity index (χ1v) is 6.21. The highest BCUT2D eigenvalue weighted by molar-refractivity contribution is 5.76. The standard InChI is InChI=1S/C12H20N4O2/c1-9-5-14-16(8-9)4-3-12(17)15-10-6-13-7-11(10)18-2/h5,8,10-11,13H,3-4,6-7H2,1-2H3,(H,15,17)/t10-,11-/m0/s1. The van der Waals surface area contributed by atoms with Crippen molar-refractivity contribution in [3.8, 4) is 0 Å². The van der Waals surface area contributed by atoms with Crippen LogP contribution in [-0.4, -0.2) is 48.0 Å². The van der Waals surface area contributed by atoms with Gasteiger partial charge in [0.2, 0.25) is 5.91 Å². The molecule has 0 aliphatic carbocycles. The zero-order chi connectivity index (χ0) is 13.0. The lowest BCUT2D eigenvalue weighted by Gasteiger charge is -2.18. The largest absolute Gasteiger partial charge is 0.378 e. The fraction of sp³-hybridized carbons (Fsp3) is 0.667.